The Balaban J connectivity index is 2.09. The van der Waals surface area contributed by atoms with Crippen molar-refractivity contribution < 1.29 is 0 Å². The van der Waals surface area contributed by atoms with Crippen LogP contribution in [0.25, 0.3) is 0 Å². The van der Waals surface area contributed by atoms with Gasteiger partial charge in [0, 0.05) is 19.1 Å². The summed E-state index contributed by atoms with van der Waals surface area (Å²) in [4.78, 5) is 2.38. The highest BCUT2D eigenvalue weighted by molar-refractivity contribution is 6.33. The summed E-state index contributed by atoms with van der Waals surface area (Å²) in [6.07, 6.45) is 5.23. The van der Waals surface area contributed by atoms with E-state index in [0.717, 1.165) is 17.5 Å². The van der Waals surface area contributed by atoms with Gasteiger partial charge in [-0.05, 0) is 62.8 Å². The zero-order valence-electron chi connectivity index (χ0n) is 13.8. The Morgan fingerprint density at radius 3 is 2.52 bits per heavy atom. The van der Waals surface area contributed by atoms with Gasteiger partial charge in [-0.1, -0.05) is 31.5 Å². The third-order valence-electron chi connectivity index (χ3n) is 4.90. The van der Waals surface area contributed by atoms with Gasteiger partial charge < -0.3 is 10.2 Å². The van der Waals surface area contributed by atoms with Crippen molar-refractivity contribution in [1.29, 1.82) is 0 Å². The van der Waals surface area contributed by atoms with Crippen LogP contribution in [0.2, 0.25) is 5.02 Å². The molecule has 1 fully saturated rings. The summed E-state index contributed by atoms with van der Waals surface area (Å²) in [5.41, 5.74) is 2.43. The van der Waals surface area contributed by atoms with Gasteiger partial charge in [0.05, 0.1) is 10.7 Å². The minimum atomic E-state index is 0.349. The Kier molecular flexibility index (Phi) is 5.95. The number of benzene rings is 1. The van der Waals surface area contributed by atoms with E-state index >= 15 is 0 Å². The number of nitrogens with zero attached hydrogens (tertiary/aromatic N) is 1. The minimum absolute atomic E-state index is 0.349. The van der Waals surface area contributed by atoms with Gasteiger partial charge in [0.1, 0.15) is 0 Å². The lowest BCUT2D eigenvalue weighted by Gasteiger charge is -2.35. The van der Waals surface area contributed by atoms with Crippen molar-refractivity contribution in [2.45, 2.75) is 58.5 Å². The number of halogens is 1. The largest absolute Gasteiger partial charge is 0.370 e. The monoisotopic (exact) mass is 308 g/mol. The fraction of sp³-hybridized carbons (Fsp3) is 0.667. The van der Waals surface area contributed by atoms with Gasteiger partial charge in [0.15, 0.2) is 0 Å². The molecule has 0 bridgehead atoms. The average Bonchev–Trinajstić information content (AvgIpc) is 2.47. The molecule has 1 N–H and O–H groups in total. The Morgan fingerprint density at radius 2 is 1.95 bits per heavy atom. The molecule has 21 heavy (non-hydrogen) atoms. The summed E-state index contributed by atoms with van der Waals surface area (Å²) in [6, 6.07) is 7.49. The molecule has 0 amide bonds. The molecule has 0 spiro atoms. The second-order valence-corrected chi connectivity index (χ2v) is 6.92. The Hall–Kier alpha value is -0.730. The van der Waals surface area contributed by atoms with Crippen LogP contribution in [0.4, 0.5) is 5.69 Å². The van der Waals surface area contributed by atoms with E-state index in [-0.39, 0.29) is 0 Å². The summed E-state index contributed by atoms with van der Waals surface area (Å²) in [7, 11) is 2.19. The topological polar surface area (TPSA) is 15.3 Å². The molecule has 1 atom stereocenters. The number of rotatable bonds is 5. The van der Waals surface area contributed by atoms with E-state index in [2.05, 4.69) is 56.2 Å². The first-order chi connectivity index (χ1) is 10.0. The van der Waals surface area contributed by atoms with Crippen molar-refractivity contribution in [1.82, 2.24) is 5.32 Å². The fourth-order valence-corrected chi connectivity index (χ4v) is 3.65. The maximum atomic E-state index is 6.55. The molecule has 1 aromatic rings. The lowest BCUT2D eigenvalue weighted by atomic mass is 9.86. The highest BCUT2D eigenvalue weighted by atomic mass is 35.5. The summed E-state index contributed by atoms with van der Waals surface area (Å²) in [6.45, 7) is 7.65. The van der Waals surface area contributed by atoms with Gasteiger partial charge in [0.2, 0.25) is 0 Å². The highest BCUT2D eigenvalue weighted by Crippen LogP contribution is 2.34. The van der Waals surface area contributed by atoms with Crippen molar-refractivity contribution in [3.8, 4) is 0 Å². The van der Waals surface area contributed by atoms with Gasteiger partial charge in [-0.25, -0.2) is 0 Å². The molecule has 0 aliphatic heterocycles. The molecule has 118 valence electrons. The smallest absolute Gasteiger partial charge is 0.0642 e. The molecule has 1 saturated carbocycles. The third kappa shape index (κ3) is 4.14. The number of anilines is 1. The first-order valence-corrected chi connectivity index (χ1v) is 8.66. The van der Waals surface area contributed by atoms with Crippen molar-refractivity contribution >= 4 is 17.3 Å². The quantitative estimate of drug-likeness (QED) is 0.821. The van der Waals surface area contributed by atoms with E-state index in [1.807, 2.05) is 0 Å². The Bertz CT molecular complexity index is 453. The van der Waals surface area contributed by atoms with Crippen LogP contribution in [-0.4, -0.2) is 19.6 Å². The maximum Gasteiger partial charge on any atom is 0.0642 e. The summed E-state index contributed by atoms with van der Waals surface area (Å²) < 4.78 is 0. The van der Waals surface area contributed by atoms with Crippen LogP contribution >= 0.6 is 11.6 Å². The number of nitrogens with one attached hydrogen (secondary N) is 1. The molecule has 1 aromatic carbocycles. The van der Waals surface area contributed by atoms with E-state index in [1.54, 1.807) is 0 Å². The first-order valence-electron chi connectivity index (χ1n) is 8.28. The highest BCUT2D eigenvalue weighted by Gasteiger charge is 2.23. The van der Waals surface area contributed by atoms with Gasteiger partial charge in [-0.2, -0.15) is 0 Å². The summed E-state index contributed by atoms with van der Waals surface area (Å²) in [5, 5.41) is 4.31. The van der Waals surface area contributed by atoms with Crippen molar-refractivity contribution in [2.24, 2.45) is 5.92 Å². The zero-order valence-corrected chi connectivity index (χ0v) is 14.6. The molecule has 0 radical (unpaired) electrons. The second-order valence-electron chi connectivity index (χ2n) is 6.51. The predicted molar refractivity (Wildman–Crippen MR) is 93.4 cm³/mol. The van der Waals surface area contributed by atoms with Gasteiger partial charge in [-0.15, -0.1) is 0 Å². The van der Waals surface area contributed by atoms with E-state index in [4.69, 9.17) is 11.6 Å². The zero-order chi connectivity index (χ0) is 15.4. The third-order valence-corrected chi connectivity index (χ3v) is 5.20. The predicted octanol–water partition coefficient (Wildman–Crippen LogP) is 5.03. The molecular weight excluding hydrogens is 280 g/mol. The van der Waals surface area contributed by atoms with E-state index in [0.29, 0.717) is 12.1 Å². The van der Waals surface area contributed by atoms with Crippen LogP contribution in [0.5, 0.6) is 0 Å². The normalized spacial score (nSPS) is 23.9. The molecule has 2 rings (SSSR count). The SMILES string of the molecule is CCNC(C)c1ccc(N(C)C2CCC(C)CC2)c(Cl)c1. The first kappa shape index (κ1) is 16.6. The van der Waals surface area contributed by atoms with Gasteiger partial charge in [-0.3, -0.25) is 0 Å². The van der Waals surface area contributed by atoms with Crippen LogP contribution in [0.1, 0.15) is 58.1 Å². The van der Waals surface area contributed by atoms with Crippen molar-refractivity contribution in [2.75, 3.05) is 18.5 Å². The fourth-order valence-electron chi connectivity index (χ4n) is 3.33. The van der Waals surface area contributed by atoms with Gasteiger partial charge in [0.25, 0.3) is 0 Å². The molecule has 1 aliphatic carbocycles. The van der Waals surface area contributed by atoms with Gasteiger partial charge >= 0.3 is 0 Å². The van der Waals surface area contributed by atoms with E-state index < -0.39 is 0 Å². The van der Waals surface area contributed by atoms with Crippen LogP contribution in [0.15, 0.2) is 18.2 Å². The molecule has 3 heteroatoms. The Morgan fingerprint density at radius 1 is 1.29 bits per heavy atom. The number of hydrogen-bond acceptors (Lipinski definition) is 2. The Labute approximate surface area is 134 Å². The van der Waals surface area contributed by atoms with Crippen LogP contribution in [-0.2, 0) is 0 Å². The number of hydrogen-bond donors (Lipinski definition) is 1. The lowest BCUT2D eigenvalue weighted by molar-refractivity contribution is 0.341. The molecule has 2 nitrogen and oxygen atoms in total. The maximum absolute atomic E-state index is 6.55. The minimum Gasteiger partial charge on any atom is -0.370 e. The summed E-state index contributed by atoms with van der Waals surface area (Å²) >= 11 is 6.55. The van der Waals surface area contributed by atoms with E-state index in [9.17, 15) is 0 Å². The van der Waals surface area contributed by atoms with Crippen LogP contribution in [0.3, 0.4) is 0 Å². The molecule has 0 saturated heterocycles. The summed E-state index contributed by atoms with van der Waals surface area (Å²) in [5.74, 6) is 0.883. The standard InChI is InChI=1S/C18H29ClN2/c1-5-20-14(3)15-8-11-18(17(19)12-15)21(4)16-9-6-13(2)7-10-16/h8,11-14,16,20H,5-7,9-10H2,1-4H3. The van der Waals surface area contributed by atoms with Crippen LogP contribution in [0, 0.1) is 5.92 Å². The molecule has 1 aliphatic rings. The molecule has 0 heterocycles. The van der Waals surface area contributed by atoms with Crippen molar-refractivity contribution in [3.63, 3.8) is 0 Å². The van der Waals surface area contributed by atoms with Crippen molar-refractivity contribution in [3.05, 3.63) is 28.8 Å². The second kappa shape index (κ2) is 7.51. The lowest BCUT2D eigenvalue weighted by Crippen LogP contribution is -2.35. The van der Waals surface area contributed by atoms with E-state index in [1.165, 1.54) is 36.9 Å². The molecule has 0 aromatic heterocycles. The molecular formula is C18H29ClN2. The average molecular weight is 309 g/mol. The molecule has 1 unspecified atom stereocenters. The van der Waals surface area contributed by atoms with Crippen LogP contribution < -0.4 is 10.2 Å².